The second-order valence-corrected chi connectivity index (χ2v) is 6.96. The van der Waals surface area contributed by atoms with Gasteiger partial charge in [0.15, 0.2) is 4.96 Å². The third-order valence-electron chi connectivity index (χ3n) is 3.39. The average molecular weight is 356 g/mol. The Morgan fingerprint density at radius 2 is 2.21 bits per heavy atom. The lowest BCUT2D eigenvalue weighted by atomic mass is 10.2. The third-order valence-corrected chi connectivity index (χ3v) is 5.10. The normalized spacial score (nSPS) is 11.2. The first-order valence-corrected chi connectivity index (χ1v) is 9.01. The van der Waals surface area contributed by atoms with Gasteiger partial charge in [-0.2, -0.15) is 4.68 Å². The van der Waals surface area contributed by atoms with Crippen molar-refractivity contribution < 1.29 is 0 Å². The van der Waals surface area contributed by atoms with Gasteiger partial charge in [0, 0.05) is 23.4 Å². The predicted molar refractivity (Wildman–Crippen MR) is 92.8 cm³/mol. The van der Waals surface area contributed by atoms with E-state index in [2.05, 4.69) is 20.5 Å². The first kappa shape index (κ1) is 15.0. The van der Waals surface area contributed by atoms with Gasteiger partial charge in [0.05, 0.1) is 11.4 Å². The van der Waals surface area contributed by atoms with Crippen molar-refractivity contribution >= 4 is 28.1 Å². The molecule has 0 N–H and O–H groups in total. The third kappa shape index (κ3) is 2.83. The van der Waals surface area contributed by atoms with Gasteiger partial charge in [-0.1, -0.05) is 23.9 Å². The lowest BCUT2D eigenvalue weighted by Crippen LogP contribution is -2.12. The Hall–Kier alpha value is -2.52. The second-order valence-electron chi connectivity index (χ2n) is 5.14. The summed E-state index contributed by atoms with van der Waals surface area (Å²) in [6, 6.07) is 9.51. The first-order chi connectivity index (χ1) is 11.7. The number of thiazole rings is 1. The van der Waals surface area contributed by atoms with Gasteiger partial charge in [0.1, 0.15) is 0 Å². The van der Waals surface area contributed by atoms with Crippen LogP contribution in [0.4, 0.5) is 0 Å². The van der Waals surface area contributed by atoms with Crippen LogP contribution in [0, 0.1) is 6.92 Å². The molecule has 3 heterocycles. The predicted octanol–water partition coefficient (Wildman–Crippen LogP) is 2.33. The zero-order valence-corrected chi connectivity index (χ0v) is 14.3. The van der Waals surface area contributed by atoms with Gasteiger partial charge in [0.2, 0.25) is 5.16 Å². The van der Waals surface area contributed by atoms with Crippen LogP contribution in [0.1, 0.15) is 11.3 Å². The smallest absolute Gasteiger partial charge is 0.258 e. The van der Waals surface area contributed by atoms with Crippen molar-refractivity contribution in [2.75, 3.05) is 0 Å². The number of benzene rings is 1. The van der Waals surface area contributed by atoms with E-state index in [1.807, 2.05) is 36.6 Å². The lowest BCUT2D eigenvalue weighted by molar-refractivity contribution is 0.755. The summed E-state index contributed by atoms with van der Waals surface area (Å²) in [7, 11) is 0. The van der Waals surface area contributed by atoms with Gasteiger partial charge < -0.3 is 0 Å². The zero-order chi connectivity index (χ0) is 16.5. The van der Waals surface area contributed by atoms with Crippen LogP contribution in [0.15, 0.2) is 51.9 Å². The standard InChI is InChI=1S/C15H12N6OS2/c1-10-3-2-4-12(7-10)21-15(17-18-19-21)24-9-11-8-13(22)20-5-6-23-14(20)16-11/h2-8H,9H2,1H3. The van der Waals surface area contributed by atoms with Crippen LogP contribution in [-0.2, 0) is 5.75 Å². The summed E-state index contributed by atoms with van der Waals surface area (Å²) in [5, 5.41) is 14.4. The van der Waals surface area contributed by atoms with E-state index in [0.717, 1.165) is 11.3 Å². The molecule has 3 aromatic heterocycles. The van der Waals surface area contributed by atoms with Crippen molar-refractivity contribution in [1.82, 2.24) is 29.6 Å². The molecule has 24 heavy (non-hydrogen) atoms. The largest absolute Gasteiger partial charge is 0.269 e. The number of nitrogens with zero attached hydrogens (tertiary/aromatic N) is 6. The zero-order valence-electron chi connectivity index (χ0n) is 12.7. The molecular weight excluding hydrogens is 344 g/mol. The van der Waals surface area contributed by atoms with Crippen LogP contribution >= 0.6 is 23.1 Å². The van der Waals surface area contributed by atoms with E-state index in [0.29, 0.717) is 21.6 Å². The van der Waals surface area contributed by atoms with Crippen LogP contribution < -0.4 is 5.56 Å². The first-order valence-electron chi connectivity index (χ1n) is 7.15. The number of tetrazole rings is 1. The van der Waals surface area contributed by atoms with Gasteiger partial charge in [-0.05, 0) is 35.0 Å². The number of rotatable bonds is 4. The monoisotopic (exact) mass is 356 g/mol. The van der Waals surface area contributed by atoms with E-state index in [4.69, 9.17) is 0 Å². The van der Waals surface area contributed by atoms with E-state index in [1.54, 1.807) is 16.9 Å². The molecule has 0 aliphatic rings. The maximum atomic E-state index is 12.0. The highest BCUT2D eigenvalue weighted by atomic mass is 32.2. The minimum atomic E-state index is -0.0740. The SMILES string of the molecule is Cc1cccc(-n2nnnc2SCc2cc(=O)n3ccsc3n2)c1. The Bertz CT molecular complexity index is 1070. The fourth-order valence-electron chi connectivity index (χ4n) is 2.29. The van der Waals surface area contributed by atoms with Gasteiger partial charge in [0.25, 0.3) is 5.56 Å². The van der Waals surface area contributed by atoms with E-state index < -0.39 is 0 Å². The van der Waals surface area contributed by atoms with Gasteiger partial charge in [-0.3, -0.25) is 9.20 Å². The summed E-state index contributed by atoms with van der Waals surface area (Å²) in [5.41, 5.74) is 2.68. The fourth-order valence-corrected chi connectivity index (χ4v) is 3.81. The van der Waals surface area contributed by atoms with Crippen LogP contribution in [0.3, 0.4) is 0 Å². The van der Waals surface area contributed by atoms with Crippen molar-refractivity contribution in [3.05, 3.63) is 63.5 Å². The molecule has 0 saturated heterocycles. The Kier molecular flexibility index (Phi) is 3.87. The molecule has 9 heteroatoms. The highest BCUT2D eigenvalue weighted by molar-refractivity contribution is 7.98. The van der Waals surface area contributed by atoms with Gasteiger partial charge in [-0.25, -0.2) is 4.98 Å². The molecule has 0 aliphatic heterocycles. The van der Waals surface area contributed by atoms with Gasteiger partial charge in [-0.15, -0.1) is 16.4 Å². The van der Waals surface area contributed by atoms with Crippen LogP contribution in [0.2, 0.25) is 0 Å². The molecule has 0 atom stereocenters. The summed E-state index contributed by atoms with van der Waals surface area (Å²) >= 11 is 2.89. The Labute approximate surface area is 145 Å². The van der Waals surface area contributed by atoms with E-state index in [1.165, 1.54) is 27.5 Å². The average Bonchev–Trinajstić information content (AvgIpc) is 3.22. The molecule has 0 amide bonds. The minimum Gasteiger partial charge on any atom is -0.269 e. The molecule has 0 spiro atoms. The summed E-state index contributed by atoms with van der Waals surface area (Å²) in [4.78, 5) is 17.2. The van der Waals surface area contributed by atoms with Crippen molar-refractivity contribution in [3.63, 3.8) is 0 Å². The molecule has 0 radical (unpaired) electrons. The van der Waals surface area contributed by atoms with Crippen molar-refractivity contribution in [2.24, 2.45) is 0 Å². The molecule has 0 fully saturated rings. The highest BCUT2D eigenvalue weighted by Gasteiger charge is 2.11. The number of hydrogen-bond donors (Lipinski definition) is 0. The Morgan fingerprint density at radius 3 is 3.08 bits per heavy atom. The Balaban J connectivity index is 1.60. The van der Waals surface area contributed by atoms with Crippen molar-refractivity contribution in [2.45, 2.75) is 17.8 Å². The van der Waals surface area contributed by atoms with E-state index in [-0.39, 0.29) is 5.56 Å². The molecule has 120 valence electrons. The number of thioether (sulfide) groups is 1. The lowest BCUT2D eigenvalue weighted by Gasteiger charge is -2.05. The van der Waals surface area contributed by atoms with Crippen LogP contribution in [0.5, 0.6) is 0 Å². The Morgan fingerprint density at radius 1 is 1.29 bits per heavy atom. The highest BCUT2D eigenvalue weighted by Crippen LogP contribution is 2.22. The topological polar surface area (TPSA) is 78.0 Å². The van der Waals surface area contributed by atoms with Crippen LogP contribution in [0.25, 0.3) is 10.6 Å². The number of fused-ring (bicyclic) bond motifs is 1. The second kappa shape index (κ2) is 6.17. The maximum absolute atomic E-state index is 12.0. The summed E-state index contributed by atoms with van der Waals surface area (Å²) < 4.78 is 3.23. The van der Waals surface area contributed by atoms with Crippen molar-refractivity contribution in [1.29, 1.82) is 0 Å². The number of aryl methyl sites for hydroxylation is 1. The summed E-state index contributed by atoms with van der Waals surface area (Å²) in [6.07, 6.45) is 1.73. The summed E-state index contributed by atoms with van der Waals surface area (Å²) in [6.45, 7) is 2.02. The molecule has 4 rings (SSSR count). The summed E-state index contributed by atoms with van der Waals surface area (Å²) in [5.74, 6) is 0.524. The van der Waals surface area contributed by atoms with E-state index in [9.17, 15) is 4.79 Å². The molecule has 1 aromatic carbocycles. The quantitative estimate of drug-likeness (QED) is 0.522. The molecule has 0 unspecified atom stereocenters. The molecular formula is C15H12N6OS2. The fraction of sp³-hybridized carbons (Fsp3) is 0.133. The van der Waals surface area contributed by atoms with Gasteiger partial charge >= 0.3 is 0 Å². The minimum absolute atomic E-state index is 0.0740. The van der Waals surface area contributed by atoms with Crippen LogP contribution in [-0.4, -0.2) is 29.6 Å². The maximum Gasteiger partial charge on any atom is 0.258 e. The molecule has 7 nitrogen and oxygen atoms in total. The number of hydrogen-bond acceptors (Lipinski definition) is 7. The van der Waals surface area contributed by atoms with Crippen molar-refractivity contribution in [3.8, 4) is 5.69 Å². The molecule has 0 aliphatic carbocycles. The number of aromatic nitrogens is 6. The molecule has 0 saturated carbocycles. The van der Waals surface area contributed by atoms with E-state index >= 15 is 0 Å². The molecule has 0 bridgehead atoms. The molecule has 4 aromatic rings.